The third-order valence-corrected chi connectivity index (χ3v) is 6.21. The van der Waals surface area contributed by atoms with Gasteiger partial charge in [0.25, 0.3) is 11.5 Å². The van der Waals surface area contributed by atoms with Gasteiger partial charge >= 0.3 is 0 Å². The largest absolute Gasteiger partial charge is 0.495 e. The number of amides is 1. The van der Waals surface area contributed by atoms with Crippen molar-refractivity contribution in [1.29, 1.82) is 0 Å². The maximum atomic E-state index is 14.0. The maximum Gasteiger partial charge on any atom is 0.266 e. The molecule has 1 atom stereocenters. The molecule has 0 aliphatic heterocycles. The van der Waals surface area contributed by atoms with Crippen molar-refractivity contribution >= 4 is 16.8 Å². The van der Waals surface area contributed by atoms with Crippen LogP contribution in [0.25, 0.3) is 16.6 Å². The Hall–Kier alpha value is -4.72. The first-order valence-electron chi connectivity index (χ1n) is 11.7. The van der Waals surface area contributed by atoms with Crippen LogP contribution in [-0.2, 0) is 6.54 Å². The summed E-state index contributed by atoms with van der Waals surface area (Å²) in [7, 11) is 1.53. The van der Waals surface area contributed by atoms with E-state index in [1.807, 2.05) is 6.07 Å². The number of rotatable bonds is 7. The molecule has 0 N–H and O–H groups in total. The van der Waals surface area contributed by atoms with Crippen LogP contribution in [0.2, 0.25) is 0 Å². The Morgan fingerprint density at radius 2 is 1.84 bits per heavy atom. The lowest BCUT2D eigenvalue weighted by Crippen LogP contribution is -2.37. The molecule has 3 aromatic carbocycles. The van der Waals surface area contributed by atoms with Gasteiger partial charge in [0, 0.05) is 5.56 Å². The fraction of sp³-hybridized carbons (Fsp3) is 0.138. The summed E-state index contributed by atoms with van der Waals surface area (Å²) in [5.74, 6) is 0.376. The number of para-hydroxylation sites is 3. The van der Waals surface area contributed by atoms with E-state index in [9.17, 15) is 14.0 Å². The number of furan rings is 1. The number of methoxy groups -OCH3 is 1. The molecular weight excluding hydrogens is 473 g/mol. The molecule has 0 aliphatic rings. The Kier molecular flexibility index (Phi) is 6.55. The highest BCUT2D eigenvalue weighted by Gasteiger charge is 2.29. The average Bonchev–Trinajstić information content (AvgIpc) is 3.44. The van der Waals surface area contributed by atoms with E-state index in [2.05, 4.69) is 0 Å². The van der Waals surface area contributed by atoms with Crippen molar-refractivity contribution < 1.29 is 18.3 Å². The molecule has 5 rings (SSSR count). The zero-order valence-electron chi connectivity index (χ0n) is 20.3. The van der Waals surface area contributed by atoms with E-state index in [1.165, 1.54) is 41.0 Å². The van der Waals surface area contributed by atoms with E-state index in [0.29, 0.717) is 33.9 Å². The smallest absolute Gasteiger partial charge is 0.266 e. The van der Waals surface area contributed by atoms with Gasteiger partial charge in [-0.25, -0.2) is 9.37 Å². The van der Waals surface area contributed by atoms with Crippen LogP contribution in [0.4, 0.5) is 4.39 Å². The van der Waals surface area contributed by atoms with Gasteiger partial charge in [-0.3, -0.25) is 14.2 Å². The summed E-state index contributed by atoms with van der Waals surface area (Å²) in [6.45, 7) is 1.86. The number of aromatic nitrogens is 2. The van der Waals surface area contributed by atoms with Crippen molar-refractivity contribution in [2.45, 2.75) is 19.5 Å². The van der Waals surface area contributed by atoms with Crippen molar-refractivity contribution in [1.82, 2.24) is 14.5 Å². The number of carbonyl (C=O) groups is 1. The minimum Gasteiger partial charge on any atom is -0.495 e. The van der Waals surface area contributed by atoms with Crippen LogP contribution < -0.4 is 10.3 Å². The molecule has 37 heavy (non-hydrogen) atoms. The van der Waals surface area contributed by atoms with Gasteiger partial charge < -0.3 is 14.1 Å². The fourth-order valence-corrected chi connectivity index (χ4v) is 4.36. The number of benzene rings is 3. The van der Waals surface area contributed by atoms with Crippen molar-refractivity contribution in [2.24, 2.45) is 0 Å². The maximum absolute atomic E-state index is 14.0. The average molecular weight is 498 g/mol. The molecule has 0 aliphatic carbocycles. The van der Waals surface area contributed by atoms with E-state index >= 15 is 0 Å². The van der Waals surface area contributed by atoms with Gasteiger partial charge in [-0.15, -0.1) is 0 Å². The van der Waals surface area contributed by atoms with Gasteiger partial charge in [-0.2, -0.15) is 0 Å². The first-order valence-corrected chi connectivity index (χ1v) is 11.7. The summed E-state index contributed by atoms with van der Waals surface area (Å²) in [6, 6.07) is 22.4. The summed E-state index contributed by atoms with van der Waals surface area (Å²) in [6.07, 6.45) is 1.52. The van der Waals surface area contributed by atoms with Crippen LogP contribution in [-0.4, -0.2) is 27.5 Å². The highest BCUT2D eigenvalue weighted by Crippen LogP contribution is 2.29. The predicted octanol–water partition coefficient (Wildman–Crippen LogP) is 5.53. The van der Waals surface area contributed by atoms with Crippen LogP contribution in [0, 0.1) is 5.82 Å². The van der Waals surface area contributed by atoms with E-state index in [1.54, 1.807) is 67.6 Å². The van der Waals surface area contributed by atoms with Crippen LogP contribution in [0.3, 0.4) is 0 Å². The molecule has 5 aromatic rings. The quantitative estimate of drug-likeness (QED) is 0.296. The van der Waals surface area contributed by atoms with Gasteiger partial charge in [-0.05, 0) is 61.5 Å². The first-order chi connectivity index (χ1) is 18.0. The molecular formula is C29H24FN3O4. The van der Waals surface area contributed by atoms with Crippen molar-refractivity contribution in [3.05, 3.63) is 125 Å². The second kappa shape index (κ2) is 10.1. The van der Waals surface area contributed by atoms with E-state index in [-0.39, 0.29) is 17.7 Å². The number of nitrogens with zero attached hydrogens (tertiary/aromatic N) is 3. The molecule has 0 saturated heterocycles. The molecule has 0 spiro atoms. The minimum atomic E-state index is -0.719. The lowest BCUT2D eigenvalue weighted by Gasteiger charge is -2.30. The zero-order valence-corrected chi connectivity index (χ0v) is 20.3. The van der Waals surface area contributed by atoms with E-state index < -0.39 is 17.8 Å². The van der Waals surface area contributed by atoms with Gasteiger partial charge in [0.1, 0.15) is 23.2 Å². The van der Waals surface area contributed by atoms with Crippen LogP contribution in [0.1, 0.15) is 34.9 Å². The minimum absolute atomic E-state index is 0.0815. The molecule has 186 valence electrons. The Morgan fingerprint density at radius 1 is 1.05 bits per heavy atom. The second-order valence-electron chi connectivity index (χ2n) is 8.50. The molecule has 0 bridgehead atoms. The molecule has 1 amide bonds. The Bertz CT molecular complexity index is 1630. The normalized spacial score (nSPS) is 11.9. The highest BCUT2D eigenvalue weighted by atomic mass is 19.1. The Morgan fingerprint density at radius 3 is 2.59 bits per heavy atom. The lowest BCUT2D eigenvalue weighted by atomic mass is 10.1. The van der Waals surface area contributed by atoms with E-state index in [4.69, 9.17) is 14.1 Å². The number of ether oxygens (including phenoxy) is 1. The topological polar surface area (TPSA) is 77.6 Å². The number of hydrogen-bond donors (Lipinski definition) is 0. The number of halogens is 1. The first kappa shape index (κ1) is 24.0. The van der Waals surface area contributed by atoms with Crippen molar-refractivity contribution in [2.75, 3.05) is 7.11 Å². The van der Waals surface area contributed by atoms with E-state index in [0.717, 1.165) is 0 Å². The third kappa shape index (κ3) is 4.61. The number of fused-ring (bicyclic) bond motifs is 1. The molecule has 2 aromatic heterocycles. The SMILES string of the molecule is COc1ccccc1-n1c(C(C)N(Cc2ccco2)C(=O)c2cccc(F)c2)nc2ccccc2c1=O. The molecule has 1 unspecified atom stereocenters. The van der Waals surface area contributed by atoms with Gasteiger partial charge in [-0.1, -0.05) is 30.3 Å². The highest BCUT2D eigenvalue weighted by molar-refractivity contribution is 5.94. The van der Waals surface area contributed by atoms with Crippen LogP contribution in [0.15, 0.2) is 100 Å². The summed E-state index contributed by atoms with van der Waals surface area (Å²) in [4.78, 5) is 33.9. The number of hydrogen-bond acceptors (Lipinski definition) is 5. The lowest BCUT2D eigenvalue weighted by molar-refractivity contribution is 0.0648. The standard InChI is InChI=1S/C29H24FN3O4/c1-19(32(18-22-11-8-16-37-22)28(34)20-9-7-10-21(30)17-20)27-31-24-13-4-3-12-23(24)29(35)33(27)25-14-5-6-15-26(25)36-2/h3-17,19H,18H2,1-2H3. The van der Waals surface area contributed by atoms with Crippen molar-refractivity contribution in [3.63, 3.8) is 0 Å². The molecule has 2 heterocycles. The Labute approximate surface area is 212 Å². The predicted molar refractivity (Wildman–Crippen MR) is 137 cm³/mol. The summed E-state index contributed by atoms with van der Waals surface area (Å²) in [5, 5.41) is 0.429. The van der Waals surface area contributed by atoms with Crippen LogP contribution >= 0.6 is 0 Å². The summed E-state index contributed by atoms with van der Waals surface area (Å²) < 4.78 is 26.6. The molecule has 0 radical (unpaired) electrons. The monoisotopic (exact) mass is 497 g/mol. The molecule has 0 saturated carbocycles. The Balaban J connectivity index is 1.73. The number of carbonyl (C=O) groups excluding carboxylic acids is 1. The van der Waals surface area contributed by atoms with Crippen molar-refractivity contribution in [3.8, 4) is 11.4 Å². The second-order valence-corrected chi connectivity index (χ2v) is 8.50. The molecule has 0 fully saturated rings. The van der Waals surface area contributed by atoms with Gasteiger partial charge in [0.05, 0.1) is 42.5 Å². The van der Waals surface area contributed by atoms with Gasteiger partial charge in [0.15, 0.2) is 0 Å². The molecule has 8 heteroatoms. The molecule has 7 nitrogen and oxygen atoms in total. The fourth-order valence-electron chi connectivity index (χ4n) is 4.36. The zero-order chi connectivity index (χ0) is 25.9. The van der Waals surface area contributed by atoms with Crippen LogP contribution in [0.5, 0.6) is 5.75 Å². The summed E-state index contributed by atoms with van der Waals surface area (Å²) in [5.41, 5.74) is 0.862. The third-order valence-electron chi connectivity index (χ3n) is 6.21. The van der Waals surface area contributed by atoms with Gasteiger partial charge in [0.2, 0.25) is 0 Å². The summed E-state index contributed by atoms with van der Waals surface area (Å²) >= 11 is 0.